The molecule has 1 saturated carbocycles. The molecule has 2 aliphatic heterocycles. The number of aliphatic hydroxyl groups is 1. The zero-order valence-corrected chi connectivity index (χ0v) is 28.3. The number of hydrogen-bond donors (Lipinski definition) is 2. The van der Waals surface area contributed by atoms with Crippen molar-refractivity contribution in [1.82, 2.24) is 9.91 Å². The number of nitrogens with one attached hydrogen (secondary N) is 1. The van der Waals surface area contributed by atoms with Gasteiger partial charge in [0.2, 0.25) is 11.8 Å². The second kappa shape index (κ2) is 11.5. The van der Waals surface area contributed by atoms with E-state index in [1.54, 1.807) is 55.6 Å². The van der Waals surface area contributed by atoms with Gasteiger partial charge in [0.15, 0.2) is 0 Å². The summed E-state index contributed by atoms with van der Waals surface area (Å²) >= 11 is 12.6. The number of carbonyl (C=O) groups is 4. The molecule has 3 heterocycles. The molecule has 0 radical (unpaired) electrons. The van der Waals surface area contributed by atoms with Crippen LogP contribution in [0.1, 0.15) is 56.6 Å². The molecule has 250 valence electrons. The number of hydrazine groups is 1. The van der Waals surface area contributed by atoms with Crippen molar-refractivity contribution in [2.45, 2.75) is 57.1 Å². The normalized spacial score (nSPS) is 28.3. The monoisotopic (exact) mass is 691 g/mol. The minimum atomic E-state index is -1.54. The number of likely N-dealkylation sites (tertiary alicyclic amines) is 1. The summed E-state index contributed by atoms with van der Waals surface area (Å²) in [6, 6.07) is 15.1. The molecule has 7 rings (SSSR count). The molecule has 4 amide bonds. The lowest BCUT2D eigenvalue weighted by Crippen LogP contribution is -2.53. The molecule has 12 heteroatoms. The van der Waals surface area contributed by atoms with E-state index in [1.807, 2.05) is 26.8 Å². The van der Waals surface area contributed by atoms with Gasteiger partial charge in [0, 0.05) is 10.6 Å². The molecule has 10 nitrogen and oxygen atoms in total. The maximum absolute atomic E-state index is 15.2. The van der Waals surface area contributed by atoms with Gasteiger partial charge >= 0.3 is 0 Å². The fourth-order valence-electron chi connectivity index (χ4n) is 8.45. The lowest BCUT2D eigenvalue weighted by atomic mass is 9.49. The van der Waals surface area contributed by atoms with Crippen molar-refractivity contribution in [3.63, 3.8) is 0 Å². The second-order valence-corrected chi connectivity index (χ2v) is 14.7. The van der Waals surface area contributed by atoms with Gasteiger partial charge in [-0.3, -0.25) is 29.5 Å². The molecule has 2 aliphatic carbocycles. The summed E-state index contributed by atoms with van der Waals surface area (Å²) in [5.74, 6) is -4.00. The van der Waals surface area contributed by atoms with Crippen molar-refractivity contribution in [3.05, 3.63) is 93.4 Å². The van der Waals surface area contributed by atoms with E-state index in [0.717, 1.165) is 10.6 Å². The van der Waals surface area contributed by atoms with Crippen molar-refractivity contribution in [2.24, 2.45) is 23.7 Å². The zero-order valence-electron chi connectivity index (χ0n) is 26.8. The highest BCUT2D eigenvalue weighted by Gasteiger charge is 2.71. The van der Waals surface area contributed by atoms with Gasteiger partial charge in [0.25, 0.3) is 11.8 Å². The molecular formula is C36H35Cl2N3O7. The van der Waals surface area contributed by atoms with Crippen LogP contribution in [0.15, 0.2) is 70.7 Å². The Bertz CT molecular complexity index is 1880. The number of methoxy groups -OCH3 is 1. The SMILES string of the molecule is COc1ccc(C23C(=O)N(Nc4ccc(Cl)cc4Cl)C(=O)C2CC2C(=CCC4C(=O)N(C(C)(C)C)C(=O)C42)C3c2ccc(CO)o2)cc1. The van der Waals surface area contributed by atoms with Crippen LogP contribution in [0.2, 0.25) is 10.0 Å². The number of benzene rings is 2. The predicted octanol–water partition coefficient (Wildman–Crippen LogP) is 5.87. The van der Waals surface area contributed by atoms with E-state index < -0.39 is 52.4 Å². The van der Waals surface area contributed by atoms with Gasteiger partial charge in [-0.25, -0.2) is 0 Å². The summed E-state index contributed by atoms with van der Waals surface area (Å²) < 4.78 is 11.6. The van der Waals surface area contributed by atoms with Gasteiger partial charge in [0.1, 0.15) is 29.3 Å². The third kappa shape index (κ3) is 4.64. The highest BCUT2D eigenvalue weighted by atomic mass is 35.5. The molecule has 2 N–H and O–H groups in total. The molecular weight excluding hydrogens is 657 g/mol. The van der Waals surface area contributed by atoms with Crippen LogP contribution < -0.4 is 10.2 Å². The van der Waals surface area contributed by atoms with E-state index in [1.165, 1.54) is 11.0 Å². The van der Waals surface area contributed by atoms with Gasteiger partial charge < -0.3 is 14.3 Å². The predicted molar refractivity (Wildman–Crippen MR) is 177 cm³/mol. The molecule has 48 heavy (non-hydrogen) atoms. The van der Waals surface area contributed by atoms with E-state index in [4.69, 9.17) is 32.4 Å². The van der Waals surface area contributed by atoms with Crippen LogP contribution in [0.4, 0.5) is 5.69 Å². The van der Waals surface area contributed by atoms with Crippen LogP contribution in [0.5, 0.6) is 5.75 Å². The van der Waals surface area contributed by atoms with Crippen molar-refractivity contribution in [3.8, 4) is 5.75 Å². The summed E-state index contributed by atoms with van der Waals surface area (Å²) in [5, 5.41) is 11.6. The number of furan rings is 1. The Balaban J connectivity index is 1.45. The Kier molecular flexibility index (Phi) is 7.77. The summed E-state index contributed by atoms with van der Waals surface area (Å²) in [6.07, 6.45) is 2.39. The van der Waals surface area contributed by atoms with E-state index in [2.05, 4.69) is 5.43 Å². The van der Waals surface area contributed by atoms with Crippen LogP contribution in [0.3, 0.4) is 0 Å². The second-order valence-electron chi connectivity index (χ2n) is 13.9. The lowest BCUT2D eigenvalue weighted by molar-refractivity contribution is -0.146. The van der Waals surface area contributed by atoms with E-state index in [9.17, 15) is 19.5 Å². The van der Waals surface area contributed by atoms with Crippen LogP contribution in [0, 0.1) is 23.7 Å². The number of hydrogen-bond acceptors (Lipinski definition) is 8. The third-order valence-electron chi connectivity index (χ3n) is 10.4. The number of halogens is 2. The lowest BCUT2D eigenvalue weighted by Gasteiger charge is -2.49. The Morgan fingerprint density at radius 2 is 1.71 bits per heavy atom. The van der Waals surface area contributed by atoms with E-state index in [-0.39, 0.29) is 35.6 Å². The standard InChI is InChI=1S/C36H35Cl2N3O7/c1-35(2,3)40-31(43)23-12-11-22-24(29(23)33(40)45)16-25-32(44)41(39-27-13-7-19(37)15-26(27)38)34(46)36(25,18-5-8-20(47-4)9-6-18)30(22)28-14-10-21(17-42)48-28/h5-11,13-15,23-25,29-30,39,42H,12,16-17H2,1-4H3. The van der Waals surface area contributed by atoms with Crippen molar-refractivity contribution in [1.29, 1.82) is 0 Å². The number of allylic oxidation sites excluding steroid dienone is 2. The first kappa shape index (κ1) is 32.4. The number of rotatable bonds is 6. The Morgan fingerprint density at radius 3 is 2.33 bits per heavy atom. The number of carbonyl (C=O) groups excluding carboxylic acids is 4. The number of fused-ring (bicyclic) bond motifs is 4. The first-order chi connectivity index (χ1) is 22.8. The molecule has 4 aliphatic rings. The number of aliphatic hydroxyl groups excluding tert-OH is 1. The Morgan fingerprint density at radius 1 is 0.979 bits per heavy atom. The number of imide groups is 2. The minimum Gasteiger partial charge on any atom is -0.497 e. The van der Waals surface area contributed by atoms with Crippen LogP contribution in [0.25, 0.3) is 0 Å². The first-order valence-corrected chi connectivity index (χ1v) is 16.6. The number of amides is 4. The van der Waals surface area contributed by atoms with Crippen molar-refractivity contribution >= 4 is 52.5 Å². The largest absolute Gasteiger partial charge is 0.497 e. The smallest absolute Gasteiger partial charge is 0.260 e. The van der Waals surface area contributed by atoms with Gasteiger partial charge in [-0.2, -0.15) is 5.01 Å². The Labute approximate surface area is 287 Å². The number of ether oxygens (including phenoxy) is 1. The first-order valence-electron chi connectivity index (χ1n) is 15.8. The third-order valence-corrected chi connectivity index (χ3v) is 10.9. The molecule has 3 fully saturated rings. The number of nitrogens with zero attached hydrogens (tertiary/aromatic N) is 2. The van der Waals surface area contributed by atoms with Crippen LogP contribution in [-0.4, -0.2) is 51.3 Å². The van der Waals surface area contributed by atoms with Gasteiger partial charge in [-0.05, 0) is 87.6 Å². The number of anilines is 1. The molecule has 0 spiro atoms. The molecule has 6 atom stereocenters. The average Bonchev–Trinajstić information content (AvgIpc) is 3.69. The summed E-state index contributed by atoms with van der Waals surface area (Å²) in [4.78, 5) is 59.1. The molecule has 3 aromatic rings. The van der Waals surface area contributed by atoms with Gasteiger partial charge in [-0.15, -0.1) is 0 Å². The van der Waals surface area contributed by atoms with E-state index in [0.29, 0.717) is 34.2 Å². The van der Waals surface area contributed by atoms with Crippen molar-refractivity contribution in [2.75, 3.05) is 12.5 Å². The van der Waals surface area contributed by atoms with Crippen molar-refractivity contribution < 1.29 is 33.4 Å². The zero-order chi connectivity index (χ0) is 34.3. The minimum absolute atomic E-state index is 0.136. The van der Waals surface area contributed by atoms with E-state index >= 15 is 4.79 Å². The topological polar surface area (TPSA) is 129 Å². The van der Waals surface area contributed by atoms with Crippen LogP contribution in [-0.2, 0) is 31.2 Å². The molecule has 2 saturated heterocycles. The Hall–Kier alpha value is -4.12. The highest BCUT2D eigenvalue weighted by Crippen LogP contribution is 2.64. The molecule has 2 aromatic carbocycles. The fraction of sp³-hybridized carbons (Fsp3) is 0.389. The highest BCUT2D eigenvalue weighted by molar-refractivity contribution is 6.36. The maximum atomic E-state index is 15.2. The summed E-state index contributed by atoms with van der Waals surface area (Å²) in [6.45, 7) is 5.12. The molecule has 6 unspecified atom stereocenters. The summed E-state index contributed by atoms with van der Waals surface area (Å²) in [7, 11) is 1.54. The van der Waals surface area contributed by atoms with Gasteiger partial charge in [0.05, 0.1) is 41.5 Å². The fourth-order valence-corrected chi connectivity index (χ4v) is 8.90. The summed E-state index contributed by atoms with van der Waals surface area (Å²) in [5.41, 5.74) is 2.31. The molecule has 0 bridgehead atoms. The molecule has 1 aromatic heterocycles. The maximum Gasteiger partial charge on any atom is 0.260 e. The quantitative estimate of drug-likeness (QED) is 0.243. The van der Waals surface area contributed by atoms with Crippen LogP contribution >= 0.6 is 23.2 Å². The average molecular weight is 693 g/mol. The van der Waals surface area contributed by atoms with Gasteiger partial charge in [-0.1, -0.05) is 47.0 Å².